The van der Waals surface area contributed by atoms with Crippen LogP contribution in [0.3, 0.4) is 0 Å². The van der Waals surface area contributed by atoms with E-state index in [2.05, 4.69) is 0 Å². The lowest BCUT2D eigenvalue weighted by atomic mass is 10.2. The second kappa shape index (κ2) is 10.4. The topological polar surface area (TPSA) is 66.9 Å². The SMILES string of the molecule is COc1cccc(N(C)C(=O)CN(Cc2ccc(Cl)cc2)S(=O)(=O)c2ccc(Cl)cc2)c1. The number of anilines is 1. The highest BCUT2D eigenvalue weighted by atomic mass is 35.5. The van der Waals surface area contributed by atoms with Gasteiger partial charge in [-0.05, 0) is 54.1 Å². The Bertz CT molecular complexity index is 1180. The van der Waals surface area contributed by atoms with Crippen LogP contribution in [0.15, 0.2) is 77.7 Å². The van der Waals surface area contributed by atoms with E-state index in [0.717, 1.165) is 4.31 Å². The van der Waals surface area contributed by atoms with Crippen molar-refractivity contribution in [3.8, 4) is 5.75 Å². The summed E-state index contributed by atoms with van der Waals surface area (Å²) in [5, 5.41) is 0.955. The molecule has 0 aliphatic carbocycles. The number of ether oxygens (including phenoxy) is 1. The Morgan fingerprint density at radius 1 is 0.938 bits per heavy atom. The molecule has 0 N–H and O–H groups in total. The van der Waals surface area contributed by atoms with Crippen LogP contribution in [-0.4, -0.2) is 39.3 Å². The number of methoxy groups -OCH3 is 1. The number of amides is 1. The zero-order valence-corrected chi connectivity index (χ0v) is 19.9. The first-order valence-electron chi connectivity index (χ1n) is 9.61. The van der Waals surface area contributed by atoms with Crippen molar-refractivity contribution in [1.29, 1.82) is 0 Å². The molecule has 32 heavy (non-hydrogen) atoms. The summed E-state index contributed by atoms with van der Waals surface area (Å²) in [4.78, 5) is 14.5. The zero-order chi connectivity index (χ0) is 23.3. The first kappa shape index (κ1) is 24.1. The van der Waals surface area contributed by atoms with Crippen molar-refractivity contribution >= 4 is 44.8 Å². The summed E-state index contributed by atoms with van der Waals surface area (Å²) in [6.07, 6.45) is 0. The zero-order valence-electron chi connectivity index (χ0n) is 17.5. The van der Waals surface area contributed by atoms with Crippen molar-refractivity contribution in [2.24, 2.45) is 0 Å². The molecule has 0 bridgehead atoms. The van der Waals surface area contributed by atoms with Gasteiger partial charge in [-0.2, -0.15) is 4.31 Å². The molecule has 0 aromatic heterocycles. The second-order valence-corrected chi connectivity index (χ2v) is 9.82. The molecule has 0 radical (unpaired) electrons. The van der Waals surface area contributed by atoms with E-state index in [9.17, 15) is 13.2 Å². The number of hydrogen-bond acceptors (Lipinski definition) is 4. The summed E-state index contributed by atoms with van der Waals surface area (Å²) in [7, 11) is -0.855. The molecule has 0 fully saturated rings. The molecule has 0 heterocycles. The number of halogens is 2. The maximum absolute atomic E-state index is 13.4. The Morgan fingerprint density at radius 2 is 1.53 bits per heavy atom. The third-order valence-electron chi connectivity index (χ3n) is 4.85. The first-order valence-corrected chi connectivity index (χ1v) is 11.8. The molecule has 168 valence electrons. The van der Waals surface area contributed by atoms with Crippen LogP contribution in [-0.2, 0) is 21.4 Å². The maximum Gasteiger partial charge on any atom is 0.243 e. The van der Waals surface area contributed by atoms with Crippen LogP contribution in [0.4, 0.5) is 5.69 Å². The first-order chi connectivity index (χ1) is 15.2. The fourth-order valence-electron chi connectivity index (χ4n) is 2.99. The van der Waals surface area contributed by atoms with Crippen molar-refractivity contribution in [3.63, 3.8) is 0 Å². The third-order valence-corrected chi connectivity index (χ3v) is 7.16. The van der Waals surface area contributed by atoms with Gasteiger partial charge in [0.05, 0.1) is 18.6 Å². The standard InChI is InChI=1S/C23H22Cl2N2O4S/c1-26(20-4-3-5-21(14-20)31-2)23(28)16-27(15-17-6-8-18(24)9-7-17)32(29,30)22-12-10-19(25)11-13-22/h3-14H,15-16H2,1-2H3. The average Bonchev–Trinajstić information content (AvgIpc) is 2.79. The van der Waals surface area contributed by atoms with Gasteiger partial charge < -0.3 is 9.64 Å². The third kappa shape index (κ3) is 5.81. The number of likely N-dealkylation sites (N-methyl/N-ethyl adjacent to an activating group) is 1. The minimum Gasteiger partial charge on any atom is -0.497 e. The molecule has 3 aromatic rings. The highest BCUT2D eigenvalue weighted by Crippen LogP contribution is 2.23. The van der Waals surface area contributed by atoms with E-state index in [1.165, 1.54) is 36.3 Å². The molecular weight excluding hydrogens is 471 g/mol. The molecule has 3 aromatic carbocycles. The Labute approximate surface area is 198 Å². The number of nitrogens with zero attached hydrogens (tertiary/aromatic N) is 2. The summed E-state index contributed by atoms with van der Waals surface area (Å²) in [5.74, 6) is 0.193. The molecule has 9 heteroatoms. The van der Waals surface area contributed by atoms with E-state index < -0.39 is 15.9 Å². The molecule has 0 aliphatic rings. The number of rotatable bonds is 8. The van der Waals surface area contributed by atoms with Gasteiger partial charge in [-0.3, -0.25) is 4.79 Å². The lowest BCUT2D eigenvalue weighted by Crippen LogP contribution is -2.41. The maximum atomic E-state index is 13.4. The summed E-state index contributed by atoms with van der Waals surface area (Å²) >= 11 is 11.9. The Balaban J connectivity index is 1.91. The Morgan fingerprint density at radius 3 is 2.12 bits per heavy atom. The van der Waals surface area contributed by atoms with Crippen molar-refractivity contribution in [2.75, 3.05) is 25.6 Å². The van der Waals surface area contributed by atoms with E-state index in [1.807, 2.05) is 0 Å². The van der Waals surface area contributed by atoms with E-state index >= 15 is 0 Å². The van der Waals surface area contributed by atoms with Crippen LogP contribution in [0.5, 0.6) is 5.75 Å². The van der Waals surface area contributed by atoms with Gasteiger partial charge in [0.25, 0.3) is 0 Å². The van der Waals surface area contributed by atoms with Gasteiger partial charge in [-0.1, -0.05) is 41.4 Å². The van der Waals surface area contributed by atoms with E-state index in [0.29, 0.717) is 27.0 Å². The predicted octanol–water partition coefficient (Wildman–Crippen LogP) is 4.86. The quantitative estimate of drug-likeness (QED) is 0.450. The monoisotopic (exact) mass is 492 g/mol. The van der Waals surface area contributed by atoms with Crippen LogP contribution in [0.2, 0.25) is 10.0 Å². The van der Waals surface area contributed by atoms with Gasteiger partial charge >= 0.3 is 0 Å². The van der Waals surface area contributed by atoms with Crippen molar-refractivity contribution in [2.45, 2.75) is 11.4 Å². The van der Waals surface area contributed by atoms with E-state index in [1.54, 1.807) is 55.6 Å². The minimum absolute atomic E-state index is 0.000179. The highest BCUT2D eigenvalue weighted by Gasteiger charge is 2.28. The highest BCUT2D eigenvalue weighted by molar-refractivity contribution is 7.89. The number of benzene rings is 3. The van der Waals surface area contributed by atoms with Crippen LogP contribution in [0.25, 0.3) is 0 Å². The van der Waals surface area contributed by atoms with Crippen molar-refractivity contribution in [1.82, 2.24) is 4.31 Å². The van der Waals surface area contributed by atoms with E-state index in [4.69, 9.17) is 27.9 Å². The van der Waals surface area contributed by atoms with Gasteiger partial charge in [0, 0.05) is 35.4 Å². The smallest absolute Gasteiger partial charge is 0.243 e. The molecule has 1 amide bonds. The molecule has 0 saturated heterocycles. The average molecular weight is 493 g/mol. The Kier molecular flexibility index (Phi) is 7.79. The number of sulfonamides is 1. The van der Waals surface area contributed by atoms with Gasteiger partial charge in [-0.15, -0.1) is 0 Å². The number of carbonyl (C=O) groups is 1. The van der Waals surface area contributed by atoms with Gasteiger partial charge in [0.2, 0.25) is 15.9 Å². The summed E-state index contributed by atoms with van der Waals surface area (Å²) in [6, 6.07) is 19.6. The molecular formula is C23H22Cl2N2O4S. The molecule has 0 saturated carbocycles. The fourth-order valence-corrected chi connectivity index (χ4v) is 4.62. The summed E-state index contributed by atoms with van der Waals surface area (Å²) in [5.41, 5.74) is 1.29. The van der Waals surface area contributed by atoms with Crippen molar-refractivity contribution < 1.29 is 17.9 Å². The largest absolute Gasteiger partial charge is 0.497 e. The molecule has 0 spiro atoms. The van der Waals surface area contributed by atoms with Gasteiger partial charge in [0.1, 0.15) is 5.75 Å². The van der Waals surface area contributed by atoms with E-state index in [-0.39, 0.29) is 18.0 Å². The minimum atomic E-state index is -3.98. The van der Waals surface area contributed by atoms with Crippen LogP contribution in [0, 0.1) is 0 Å². The predicted molar refractivity (Wildman–Crippen MR) is 127 cm³/mol. The molecule has 0 aliphatic heterocycles. The van der Waals surface area contributed by atoms with Crippen LogP contribution in [0.1, 0.15) is 5.56 Å². The summed E-state index contributed by atoms with van der Waals surface area (Å²) in [6.45, 7) is -0.360. The molecule has 3 rings (SSSR count). The lowest BCUT2D eigenvalue weighted by Gasteiger charge is -2.25. The van der Waals surface area contributed by atoms with Gasteiger partial charge in [-0.25, -0.2) is 8.42 Å². The summed E-state index contributed by atoms with van der Waals surface area (Å²) < 4.78 is 33.1. The normalized spacial score (nSPS) is 11.4. The molecule has 0 unspecified atom stereocenters. The number of carbonyl (C=O) groups excluding carboxylic acids is 1. The lowest BCUT2D eigenvalue weighted by molar-refractivity contribution is -0.118. The Hall–Kier alpha value is -2.58. The van der Waals surface area contributed by atoms with Gasteiger partial charge in [0.15, 0.2) is 0 Å². The van der Waals surface area contributed by atoms with Crippen LogP contribution >= 0.6 is 23.2 Å². The fraction of sp³-hybridized carbons (Fsp3) is 0.174. The second-order valence-electron chi connectivity index (χ2n) is 7.01. The number of hydrogen-bond donors (Lipinski definition) is 0. The molecule has 6 nitrogen and oxygen atoms in total. The van der Waals surface area contributed by atoms with Crippen LogP contribution < -0.4 is 9.64 Å². The van der Waals surface area contributed by atoms with Crippen molar-refractivity contribution in [3.05, 3.63) is 88.4 Å². The molecule has 0 atom stereocenters.